The molecule has 0 amide bonds. The number of phosphoric ester groups is 2. The molecule has 0 radical (unpaired) electrons. The number of ether oxygens (including phenoxy) is 4. The fourth-order valence-corrected chi connectivity index (χ4v) is 12.9. The van der Waals surface area contributed by atoms with Crippen LogP contribution in [0.1, 0.15) is 376 Å². The summed E-state index contributed by atoms with van der Waals surface area (Å²) in [4.78, 5) is 72.8. The topological polar surface area (TPSA) is 237 Å². The Morgan fingerprint density at radius 3 is 0.755 bits per heavy atom. The standard InChI is InChI=1S/C75H146O17P2/c1-9-67(7)53-45-37-29-19-15-13-11-12-14-16-22-33-41-49-57-74(79)91-70(61-85-72(77)55-47-39-31-21-18-17-20-30-38-46-54-68(8)10-2)63-89-93(81,82)87-59-69(76)60-88-94(83,84)90-64-71(92-75(80)58-50-42-34-26-24-28-36-44-52-66(5)6)62-86-73(78)56-48-40-32-25-23-27-35-43-51-65(3)4/h65-71,76H,9-64H2,1-8H3,(H,81,82)(H,83,84)/t67?,68?,69?,70-,71-/m1/s1. The Balaban J connectivity index is 5.25. The SMILES string of the molecule is CCC(C)CCCCCCCCCCCCCCCCC(=O)O[C@H](COC(=O)CCCCCCCCCCCCC(C)CC)COP(=O)(O)OCC(O)COP(=O)(O)OC[C@@H](COC(=O)CCCCCCCCCCC(C)C)OC(=O)CCCCCCCCCCC(C)C. The average molecular weight is 1380 g/mol. The molecule has 0 bridgehead atoms. The third kappa shape index (κ3) is 66.0. The van der Waals surface area contributed by atoms with Crippen LogP contribution in [0.5, 0.6) is 0 Å². The Morgan fingerprint density at radius 2 is 0.511 bits per heavy atom. The van der Waals surface area contributed by atoms with Crippen molar-refractivity contribution >= 4 is 39.5 Å². The van der Waals surface area contributed by atoms with Gasteiger partial charge >= 0.3 is 39.5 Å². The van der Waals surface area contributed by atoms with Gasteiger partial charge < -0.3 is 33.8 Å². The predicted molar refractivity (Wildman–Crippen MR) is 381 cm³/mol. The Bertz CT molecular complexity index is 1850. The summed E-state index contributed by atoms with van der Waals surface area (Å²) >= 11 is 0. The van der Waals surface area contributed by atoms with Gasteiger partial charge in [-0.25, -0.2) is 9.13 Å². The lowest BCUT2D eigenvalue weighted by Gasteiger charge is -2.21. The van der Waals surface area contributed by atoms with Crippen LogP contribution in [0, 0.1) is 23.7 Å². The zero-order valence-electron chi connectivity index (χ0n) is 61.6. The fraction of sp³-hybridized carbons (Fsp3) is 0.947. The maximum Gasteiger partial charge on any atom is 0.472 e. The van der Waals surface area contributed by atoms with E-state index in [9.17, 15) is 43.2 Å². The highest BCUT2D eigenvalue weighted by Crippen LogP contribution is 2.45. The molecule has 0 saturated heterocycles. The van der Waals surface area contributed by atoms with E-state index in [-0.39, 0.29) is 25.7 Å². The zero-order chi connectivity index (χ0) is 69.6. The number of hydrogen-bond acceptors (Lipinski definition) is 15. The van der Waals surface area contributed by atoms with E-state index in [1.54, 1.807) is 0 Å². The van der Waals surface area contributed by atoms with E-state index in [4.69, 9.17) is 37.0 Å². The van der Waals surface area contributed by atoms with E-state index < -0.39 is 97.5 Å². The van der Waals surface area contributed by atoms with E-state index in [0.29, 0.717) is 25.7 Å². The quantitative estimate of drug-likeness (QED) is 0.0222. The molecule has 0 heterocycles. The van der Waals surface area contributed by atoms with Crippen molar-refractivity contribution in [3.8, 4) is 0 Å². The second-order valence-electron chi connectivity index (χ2n) is 28.5. The van der Waals surface area contributed by atoms with Crippen LogP contribution >= 0.6 is 15.6 Å². The molecule has 558 valence electrons. The highest BCUT2D eigenvalue weighted by Gasteiger charge is 2.30. The second kappa shape index (κ2) is 64.4. The first kappa shape index (κ1) is 92.1. The highest BCUT2D eigenvalue weighted by atomic mass is 31.2. The predicted octanol–water partition coefficient (Wildman–Crippen LogP) is 21.7. The molecule has 19 heteroatoms. The van der Waals surface area contributed by atoms with Crippen LogP contribution in [-0.2, 0) is 65.4 Å². The maximum absolute atomic E-state index is 13.1. The lowest BCUT2D eigenvalue weighted by Crippen LogP contribution is -2.30. The van der Waals surface area contributed by atoms with Crippen molar-refractivity contribution in [3.05, 3.63) is 0 Å². The van der Waals surface area contributed by atoms with Gasteiger partial charge in [-0.15, -0.1) is 0 Å². The summed E-state index contributed by atoms with van der Waals surface area (Å²) in [6.07, 6.45) is 48.5. The molecule has 5 unspecified atom stereocenters. The summed E-state index contributed by atoms with van der Waals surface area (Å²) in [6, 6.07) is 0. The monoisotopic (exact) mass is 1380 g/mol. The summed E-state index contributed by atoms with van der Waals surface area (Å²) in [5, 5.41) is 10.6. The number of aliphatic hydroxyl groups excluding tert-OH is 1. The molecule has 0 aliphatic rings. The Labute approximate surface area is 575 Å². The summed E-state index contributed by atoms with van der Waals surface area (Å²) in [7, 11) is -9.91. The average Bonchev–Trinajstić information content (AvgIpc) is 1.71. The largest absolute Gasteiger partial charge is 0.472 e. The minimum absolute atomic E-state index is 0.104. The first-order valence-corrected chi connectivity index (χ1v) is 41.8. The van der Waals surface area contributed by atoms with Crippen LogP contribution in [0.15, 0.2) is 0 Å². The Morgan fingerprint density at radius 1 is 0.298 bits per heavy atom. The molecule has 0 saturated carbocycles. The molecule has 0 aliphatic carbocycles. The second-order valence-corrected chi connectivity index (χ2v) is 31.4. The normalized spacial score (nSPS) is 14.7. The van der Waals surface area contributed by atoms with E-state index in [2.05, 4.69) is 55.4 Å². The van der Waals surface area contributed by atoms with Gasteiger partial charge in [-0.2, -0.15) is 0 Å². The minimum Gasteiger partial charge on any atom is -0.462 e. The van der Waals surface area contributed by atoms with Crippen molar-refractivity contribution in [2.45, 2.75) is 395 Å². The molecule has 0 rings (SSSR count). The number of hydrogen-bond donors (Lipinski definition) is 3. The molecule has 94 heavy (non-hydrogen) atoms. The van der Waals surface area contributed by atoms with Crippen molar-refractivity contribution in [2.75, 3.05) is 39.6 Å². The maximum atomic E-state index is 13.1. The van der Waals surface area contributed by atoms with E-state index in [1.165, 1.54) is 180 Å². The Hall–Kier alpha value is -1.94. The van der Waals surface area contributed by atoms with Crippen molar-refractivity contribution in [1.82, 2.24) is 0 Å². The molecule has 0 aromatic carbocycles. The van der Waals surface area contributed by atoms with Gasteiger partial charge in [-0.1, -0.05) is 325 Å². The van der Waals surface area contributed by atoms with Crippen LogP contribution in [-0.4, -0.2) is 96.7 Å². The lowest BCUT2D eigenvalue weighted by molar-refractivity contribution is -0.161. The van der Waals surface area contributed by atoms with Gasteiger partial charge in [0.2, 0.25) is 0 Å². The summed E-state index contributed by atoms with van der Waals surface area (Å²) in [5.74, 6) is 0.976. The third-order valence-corrected chi connectivity index (χ3v) is 19.9. The molecular weight excluding hydrogens is 1230 g/mol. The number of rotatable bonds is 72. The molecule has 3 N–H and O–H groups in total. The number of esters is 4. The van der Waals surface area contributed by atoms with Crippen molar-refractivity contribution in [1.29, 1.82) is 0 Å². The fourth-order valence-electron chi connectivity index (χ4n) is 11.3. The minimum atomic E-state index is -4.96. The van der Waals surface area contributed by atoms with Gasteiger partial charge in [0.05, 0.1) is 26.4 Å². The van der Waals surface area contributed by atoms with Gasteiger partial charge in [0, 0.05) is 25.7 Å². The van der Waals surface area contributed by atoms with Crippen LogP contribution in [0.2, 0.25) is 0 Å². The molecule has 0 aliphatic heterocycles. The lowest BCUT2D eigenvalue weighted by atomic mass is 9.99. The summed E-state index contributed by atoms with van der Waals surface area (Å²) < 4.78 is 68.5. The molecule has 0 aromatic rings. The molecule has 0 spiro atoms. The molecule has 0 fully saturated rings. The zero-order valence-corrected chi connectivity index (χ0v) is 63.4. The van der Waals surface area contributed by atoms with Crippen LogP contribution < -0.4 is 0 Å². The number of phosphoric acid groups is 2. The van der Waals surface area contributed by atoms with E-state index in [1.807, 2.05) is 0 Å². The van der Waals surface area contributed by atoms with Gasteiger partial charge in [-0.3, -0.25) is 37.3 Å². The number of unbranched alkanes of at least 4 members (excludes halogenated alkanes) is 36. The van der Waals surface area contributed by atoms with Gasteiger partial charge in [0.1, 0.15) is 19.3 Å². The van der Waals surface area contributed by atoms with Gasteiger partial charge in [-0.05, 0) is 49.4 Å². The smallest absolute Gasteiger partial charge is 0.462 e. The first-order valence-electron chi connectivity index (χ1n) is 38.8. The third-order valence-electron chi connectivity index (χ3n) is 18.0. The van der Waals surface area contributed by atoms with Crippen molar-refractivity contribution in [3.63, 3.8) is 0 Å². The molecule has 0 aromatic heterocycles. The van der Waals surface area contributed by atoms with Crippen LogP contribution in [0.3, 0.4) is 0 Å². The van der Waals surface area contributed by atoms with E-state index in [0.717, 1.165) is 114 Å². The summed E-state index contributed by atoms with van der Waals surface area (Å²) in [6.45, 7) is 14.2. The first-order chi connectivity index (χ1) is 45.2. The number of carbonyl (C=O) groups excluding carboxylic acids is 4. The van der Waals surface area contributed by atoms with Crippen molar-refractivity contribution < 1.29 is 80.2 Å². The van der Waals surface area contributed by atoms with Crippen LogP contribution in [0.4, 0.5) is 0 Å². The Kier molecular flexibility index (Phi) is 63.1. The molecule has 7 atom stereocenters. The summed E-state index contributed by atoms with van der Waals surface area (Å²) in [5.41, 5.74) is 0. The van der Waals surface area contributed by atoms with E-state index >= 15 is 0 Å². The van der Waals surface area contributed by atoms with Crippen molar-refractivity contribution in [2.24, 2.45) is 23.7 Å². The van der Waals surface area contributed by atoms with Crippen LogP contribution in [0.25, 0.3) is 0 Å². The van der Waals surface area contributed by atoms with Gasteiger partial charge in [0.25, 0.3) is 0 Å². The van der Waals surface area contributed by atoms with Gasteiger partial charge in [0.15, 0.2) is 12.2 Å². The number of carbonyl (C=O) groups is 4. The number of aliphatic hydroxyl groups is 1. The molecular formula is C75H146O17P2. The highest BCUT2D eigenvalue weighted by molar-refractivity contribution is 7.47. The molecule has 17 nitrogen and oxygen atoms in total.